The highest BCUT2D eigenvalue weighted by Crippen LogP contribution is 2.52. The van der Waals surface area contributed by atoms with Crippen LogP contribution in [0, 0.1) is 17.7 Å². The zero-order chi connectivity index (χ0) is 51.5. The molecule has 12 rings (SSSR count). The number of piperidine rings is 5. The monoisotopic (exact) mass is 1020 g/mol. The molecule has 2 aromatic carbocycles. The van der Waals surface area contributed by atoms with Crippen LogP contribution in [0.1, 0.15) is 120 Å². The number of hydrogen-bond donors (Lipinski definition) is 1. The number of ether oxygens (including phenoxy) is 1. The van der Waals surface area contributed by atoms with E-state index >= 15 is 9.18 Å². The average Bonchev–Trinajstić information content (AvgIpc) is 3.96. The van der Waals surface area contributed by atoms with Gasteiger partial charge < -0.3 is 33.8 Å². The number of benzene rings is 2. The van der Waals surface area contributed by atoms with Crippen LogP contribution in [-0.4, -0.2) is 128 Å². The Balaban J connectivity index is 0.712. The molecule has 0 radical (unpaired) electrons. The van der Waals surface area contributed by atoms with Gasteiger partial charge >= 0.3 is 0 Å². The van der Waals surface area contributed by atoms with E-state index in [2.05, 4.69) is 51.0 Å². The second kappa shape index (κ2) is 20.1. The van der Waals surface area contributed by atoms with Gasteiger partial charge in [0.25, 0.3) is 0 Å². The lowest BCUT2D eigenvalue weighted by Gasteiger charge is -2.48. The smallest absolute Gasteiger partial charge is 0.246 e. The molecule has 9 heterocycles. The van der Waals surface area contributed by atoms with Gasteiger partial charge in [-0.3, -0.25) is 29.3 Å². The SMILES string of the molecule is CC(C)n1cnc2cc(-c3ccc4c(c3)N(C3CC(N5CCCCC5)C3)C(=O)C43CCN(C(=O)C4CCN(C(=O)C5CCN(c6ccc(C7CCC(=O)NC7=O)cn6)CC5)CC4)CC3)nc(Oc3ccccc3F)c21. The summed E-state index contributed by atoms with van der Waals surface area (Å²) >= 11 is 0. The molecule has 17 heteroatoms. The Morgan fingerprint density at radius 2 is 1.48 bits per heavy atom. The van der Waals surface area contributed by atoms with Crippen molar-refractivity contribution in [2.24, 2.45) is 11.8 Å². The van der Waals surface area contributed by atoms with E-state index in [0.29, 0.717) is 113 Å². The zero-order valence-corrected chi connectivity index (χ0v) is 43.1. The van der Waals surface area contributed by atoms with Gasteiger partial charge in [-0.15, -0.1) is 0 Å². The third-order valence-electron chi connectivity index (χ3n) is 17.8. The summed E-state index contributed by atoms with van der Waals surface area (Å²) in [5, 5.41) is 2.42. The fourth-order valence-corrected chi connectivity index (χ4v) is 13.3. The van der Waals surface area contributed by atoms with Crippen LogP contribution in [0.25, 0.3) is 22.3 Å². The lowest BCUT2D eigenvalue weighted by atomic mass is 9.73. The van der Waals surface area contributed by atoms with Crippen molar-refractivity contribution in [3.63, 3.8) is 0 Å². The van der Waals surface area contributed by atoms with Crippen molar-refractivity contribution in [2.45, 2.75) is 127 Å². The number of rotatable bonds is 10. The Morgan fingerprint density at radius 1 is 0.773 bits per heavy atom. The van der Waals surface area contributed by atoms with E-state index in [1.54, 1.807) is 30.7 Å². The third kappa shape index (κ3) is 9.11. The molecule has 0 bridgehead atoms. The number of nitrogens with zero attached hydrogens (tertiary/aromatic N) is 9. The second-order valence-electron chi connectivity index (χ2n) is 22.5. The summed E-state index contributed by atoms with van der Waals surface area (Å²) in [6.45, 7) is 9.81. The average molecular weight is 1020 g/mol. The van der Waals surface area contributed by atoms with Gasteiger partial charge in [0, 0.05) is 93.1 Å². The number of likely N-dealkylation sites (tertiary alicyclic amines) is 3. The minimum Gasteiger partial charge on any atom is -0.434 e. The molecule has 1 N–H and O–H groups in total. The first-order chi connectivity index (χ1) is 36.4. The number of imide groups is 1. The van der Waals surface area contributed by atoms with Crippen LogP contribution < -0.4 is 19.9 Å². The molecule has 1 unspecified atom stereocenters. The number of fused-ring (bicyclic) bond motifs is 3. The number of imidazole rings is 1. The van der Waals surface area contributed by atoms with Crippen LogP contribution in [0.15, 0.2) is 73.2 Å². The van der Waals surface area contributed by atoms with Gasteiger partial charge in [-0.25, -0.2) is 19.3 Å². The van der Waals surface area contributed by atoms with E-state index in [4.69, 9.17) is 14.7 Å². The van der Waals surface area contributed by atoms with Gasteiger partial charge in [0.15, 0.2) is 11.6 Å². The van der Waals surface area contributed by atoms with Gasteiger partial charge in [-0.2, -0.15) is 0 Å². The summed E-state index contributed by atoms with van der Waals surface area (Å²) < 4.78 is 23.3. The summed E-state index contributed by atoms with van der Waals surface area (Å²) in [6, 6.07) is 18.9. The molecule has 5 amide bonds. The molecule has 3 aromatic heterocycles. The number of halogens is 1. The molecular formula is C58H67FN10O6. The number of hydrogen-bond acceptors (Lipinski definition) is 11. The summed E-state index contributed by atoms with van der Waals surface area (Å²) in [5.74, 6) is -0.0764. The van der Waals surface area contributed by atoms with Gasteiger partial charge in [0.1, 0.15) is 11.3 Å². The van der Waals surface area contributed by atoms with E-state index in [0.717, 1.165) is 54.1 Å². The van der Waals surface area contributed by atoms with Crippen LogP contribution in [0.2, 0.25) is 0 Å². The summed E-state index contributed by atoms with van der Waals surface area (Å²) in [6.07, 6.45) is 13.6. The predicted octanol–water partition coefficient (Wildman–Crippen LogP) is 7.90. The summed E-state index contributed by atoms with van der Waals surface area (Å²) in [7, 11) is 0. The number of pyridine rings is 2. The Bertz CT molecular complexity index is 3020. The molecule has 75 heavy (non-hydrogen) atoms. The fraction of sp³-hybridized carbons (Fsp3) is 0.517. The molecule has 1 spiro atoms. The van der Waals surface area contributed by atoms with Gasteiger partial charge in [-0.1, -0.05) is 36.8 Å². The molecule has 1 aliphatic carbocycles. The van der Waals surface area contributed by atoms with Crippen molar-refractivity contribution in [1.29, 1.82) is 0 Å². The Morgan fingerprint density at radius 3 is 2.16 bits per heavy atom. The number of aromatic nitrogens is 4. The van der Waals surface area contributed by atoms with Crippen molar-refractivity contribution in [2.75, 3.05) is 62.2 Å². The number of amides is 5. The van der Waals surface area contributed by atoms with Gasteiger partial charge in [-0.05, 0) is 139 Å². The van der Waals surface area contributed by atoms with Crippen molar-refractivity contribution < 1.29 is 33.1 Å². The maximum Gasteiger partial charge on any atom is 0.246 e. The van der Waals surface area contributed by atoms with Crippen LogP contribution in [0.4, 0.5) is 15.9 Å². The highest BCUT2D eigenvalue weighted by Gasteiger charge is 2.56. The van der Waals surface area contributed by atoms with E-state index in [9.17, 15) is 19.2 Å². The first kappa shape index (κ1) is 49.1. The second-order valence-corrected chi connectivity index (χ2v) is 22.5. The molecule has 1 saturated carbocycles. The highest BCUT2D eigenvalue weighted by molar-refractivity contribution is 6.09. The Labute approximate surface area is 437 Å². The first-order valence-corrected chi connectivity index (χ1v) is 27.6. The fourth-order valence-electron chi connectivity index (χ4n) is 13.3. The normalized spacial score (nSPS) is 23.7. The van der Waals surface area contributed by atoms with E-state index < -0.39 is 11.2 Å². The minimum absolute atomic E-state index is 0.0527. The largest absolute Gasteiger partial charge is 0.434 e. The Hall–Kier alpha value is -6.75. The standard InChI is InChI=1S/C58H67FN10O6/c1-36(2)68-35-61-47-33-46(62-54(52(47)68)75-49-9-5-4-8-45(49)59)39-10-13-44-48(30-39)69(42-31-41(32-42)64-22-6-3-7-23-64)57(74)58(44)20-28-67(29-21-58)56(73)38-18-26-66(27-19-38)55(72)37-16-24-65(25-17-37)50-14-11-40(34-60-50)43-12-15-51(70)63-53(43)71/h4-5,8-11,13-14,30,33-38,41-43H,3,6-7,12,15-29,31-32H2,1-2H3,(H,63,70,71). The van der Waals surface area contributed by atoms with Crippen molar-refractivity contribution in [1.82, 2.24) is 39.5 Å². The van der Waals surface area contributed by atoms with Gasteiger partial charge in [0.2, 0.25) is 35.4 Å². The maximum atomic E-state index is 15.3. The number of para-hydroxylation sites is 1. The summed E-state index contributed by atoms with van der Waals surface area (Å²) in [4.78, 5) is 92.7. The van der Waals surface area contributed by atoms with Crippen LogP contribution in [0.5, 0.6) is 11.6 Å². The molecule has 6 aliphatic heterocycles. The van der Waals surface area contributed by atoms with Crippen molar-refractivity contribution in [3.8, 4) is 22.9 Å². The zero-order valence-electron chi connectivity index (χ0n) is 43.1. The number of anilines is 2. The lowest BCUT2D eigenvalue weighted by molar-refractivity contribution is -0.144. The number of carbonyl (C=O) groups excluding carboxylic acids is 5. The van der Waals surface area contributed by atoms with Crippen LogP contribution >= 0.6 is 0 Å². The van der Waals surface area contributed by atoms with Crippen molar-refractivity contribution >= 4 is 52.1 Å². The van der Waals surface area contributed by atoms with E-state index in [1.165, 1.54) is 25.3 Å². The van der Waals surface area contributed by atoms with Crippen LogP contribution in [-0.2, 0) is 29.4 Å². The van der Waals surface area contributed by atoms with E-state index in [1.807, 2.05) is 38.6 Å². The quantitative estimate of drug-likeness (QED) is 0.135. The molecule has 16 nitrogen and oxygen atoms in total. The number of carbonyl (C=O) groups is 5. The molecule has 392 valence electrons. The maximum absolute atomic E-state index is 15.3. The number of nitrogens with one attached hydrogen (secondary N) is 1. The molecule has 5 saturated heterocycles. The van der Waals surface area contributed by atoms with Crippen molar-refractivity contribution in [3.05, 3.63) is 90.1 Å². The summed E-state index contributed by atoms with van der Waals surface area (Å²) in [5.41, 5.74) is 4.73. The van der Waals surface area contributed by atoms with E-state index in [-0.39, 0.29) is 71.0 Å². The molecule has 5 aromatic rings. The molecule has 1 atom stereocenters. The third-order valence-corrected chi connectivity index (χ3v) is 17.8. The van der Waals surface area contributed by atoms with Crippen LogP contribution in [0.3, 0.4) is 0 Å². The minimum atomic E-state index is -0.756. The molecule has 6 fully saturated rings. The molecular weight excluding hydrogens is 952 g/mol. The first-order valence-electron chi connectivity index (χ1n) is 27.6. The van der Waals surface area contributed by atoms with Gasteiger partial charge in [0.05, 0.1) is 28.9 Å². The predicted molar refractivity (Wildman–Crippen MR) is 281 cm³/mol. The molecule has 7 aliphatic rings. The Kier molecular flexibility index (Phi) is 13.2. The highest BCUT2D eigenvalue weighted by atomic mass is 19.1. The topological polar surface area (TPSA) is 166 Å². The lowest BCUT2D eigenvalue weighted by Crippen LogP contribution is -2.58.